The zero-order chi connectivity index (χ0) is 15.0. The number of anilines is 1. The summed E-state index contributed by atoms with van der Waals surface area (Å²) in [5.41, 5.74) is 3.58. The summed E-state index contributed by atoms with van der Waals surface area (Å²) in [4.78, 5) is 18.6. The topological polar surface area (TPSA) is 80.5 Å². The highest BCUT2D eigenvalue weighted by Crippen LogP contribution is 2.14. The molecule has 0 spiro atoms. The van der Waals surface area contributed by atoms with E-state index in [0.717, 1.165) is 12.8 Å². The van der Waals surface area contributed by atoms with E-state index in [1.54, 1.807) is 25.4 Å². The van der Waals surface area contributed by atoms with Crippen molar-refractivity contribution >= 4 is 11.6 Å². The second-order valence-corrected chi connectivity index (χ2v) is 4.54. The number of rotatable bonds is 8. The Bertz CT molecular complexity index is 421. The van der Waals surface area contributed by atoms with Crippen LogP contribution < -0.4 is 11.3 Å². The summed E-state index contributed by atoms with van der Waals surface area (Å²) < 4.78 is 5.10. The molecule has 0 atom stereocenters. The molecule has 0 saturated carbocycles. The van der Waals surface area contributed by atoms with Crippen molar-refractivity contribution in [1.82, 2.24) is 9.88 Å². The SMILES string of the molecule is CCC(CC)N(CCOC)C(=O)c1cc(NN)ccn1. The highest BCUT2D eigenvalue weighted by molar-refractivity contribution is 5.93. The summed E-state index contributed by atoms with van der Waals surface area (Å²) in [5, 5.41) is 0. The number of carbonyl (C=O) groups is 1. The van der Waals surface area contributed by atoms with Gasteiger partial charge in [-0.2, -0.15) is 0 Å². The third-order valence-corrected chi connectivity index (χ3v) is 3.33. The van der Waals surface area contributed by atoms with Gasteiger partial charge in [-0.25, -0.2) is 0 Å². The molecular weight excluding hydrogens is 256 g/mol. The molecule has 0 aromatic carbocycles. The predicted octanol–water partition coefficient (Wildman–Crippen LogP) is 1.64. The average Bonchev–Trinajstić information content (AvgIpc) is 2.50. The van der Waals surface area contributed by atoms with E-state index in [1.807, 2.05) is 4.90 Å². The number of hydrazine groups is 1. The maximum atomic E-state index is 12.6. The van der Waals surface area contributed by atoms with Gasteiger partial charge in [-0.15, -0.1) is 0 Å². The Kier molecular flexibility index (Phi) is 6.97. The van der Waals surface area contributed by atoms with Gasteiger partial charge in [0.2, 0.25) is 0 Å². The number of nitrogen functional groups attached to an aromatic ring is 1. The molecule has 6 nitrogen and oxygen atoms in total. The number of pyridine rings is 1. The Labute approximate surface area is 120 Å². The van der Waals surface area contributed by atoms with Crippen LogP contribution in [-0.2, 0) is 4.74 Å². The van der Waals surface area contributed by atoms with Crippen molar-refractivity contribution in [2.24, 2.45) is 5.84 Å². The average molecular weight is 280 g/mol. The molecule has 0 fully saturated rings. The first-order valence-corrected chi connectivity index (χ1v) is 6.90. The monoisotopic (exact) mass is 280 g/mol. The smallest absolute Gasteiger partial charge is 0.272 e. The van der Waals surface area contributed by atoms with Crippen molar-refractivity contribution in [3.63, 3.8) is 0 Å². The van der Waals surface area contributed by atoms with Gasteiger partial charge in [-0.3, -0.25) is 15.6 Å². The van der Waals surface area contributed by atoms with Crippen molar-refractivity contribution in [2.75, 3.05) is 25.7 Å². The van der Waals surface area contributed by atoms with E-state index in [9.17, 15) is 4.79 Å². The van der Waals surface area contributed by atoms with Crippen molar-refractivity contribution in [2.45, 2.75) is 32.7 Å². The third kappa shape index (κ3) is 4.18. The highest BCUT2D eigenvalue weighted by Gasteiger charge is 2.23. The molecule has 1 aromatic rings. The summed E-state index contributed by atoms with van der Waals surface area (Å²) in [6.07, 6.45) is 3.38. The molecule has 0 bridgehead atoms. The van der Waals surface area contributed by atoms with Crippen LogP contribution in [0.3, 0.4) is 0 Å². The predicted molar refractivity (Wildman–Crippen MR) is 79.3 cm³/mol. The number of methoxy groups -OCH3 is 1. The minimum atomic E-state index is -0.0900. The molecule has 112 valence electrons. The highest BCUT2D eigenvalue weighted by atomic mass is 16.5. The van der Waals surface area contributed by atoms with Crippen LogP contribution in [0.5, 0.6) is 0 Å². The molecule has 1 rings (SSSR count). The third-order valence-electron chi connectivity index (χ3n) is 3.33. The van der Waals surface area contributed by atoms with Crippen LogP contribution in [-0.4, -0.2) is 42.1 Å². The quantitative estimate of drug-likeness (QED) is 0.559. The Morgan fingerprint density at radius 3 is 2.75 bits per heavy atom. The molecule has 1 amide bonds. The van der Waals surface area contributed by atoms with Crippen LogP contribution in [0.25, 0.3) is 0 Å². The van der Waals surface area contributed by atoms with Crippen molar-refractivity contribution < 1.29 is 9.53 Å². The van der Waals surface area contributed by atoms with Crippen LogP contribution in [0.1, 0.15) is 37.2 Å². The largest absolute Gasteiger partial charge is 0.383 e. The van der Waals surface area contributed by atoms with E-state index in [-0.39, 0.29) is 11.9 Å². The van der Waals surface area contributed by atoms with Gasteiger partial charge < -0.3 is 15.1 Å². The van der Waals surface area contributed by atoms with E-state index in [0.29, 0.717) is 24.5 Å². The molecule has 0 unspecified atom stereocenters. The molecule has 3 N–H and O–H groups in total. The van der Waals surface area contributed by atoms with E-state index >= 15 is 0 Å². The number of hydrogen-bond donors (Lipinski definition) is 2. The van der Waals surface area contributed by atoms with Crippen LogP contribution in [0.2, 0.25) is 0 Å². The van der Waals surface area contributed by atoms with Crippen LogP contribution >= 0.6 is 0 Å². The van der Waals surface area contributed by atoms with Gasteiger partial charge >= 0.3 is 0 Å². The summed E-state index contributed by atoms with van der Waals surface area (Å²) in [5.74, 6) is 5.27. The number of amides is 1. The molecule has 0 aliphatic heterocycles. The van der Waals surface area contributed by atoms with Crippen LogP contribution in [0, 0.1) is 0 Å². The summed E-state index contributed by atoms with van der Waals surface area (Å²) in [6, 6.07) is 3.56. The molecule has 0 aliphatic carbocycles. The minimum Gasteiger partial charge on any atom is -0.383 e. The number of ether oxygens (including phenoxy) is 1. The molecule has 0 aliphatic rings. The lowest BCUT2D eigenvalue weighted by molar-refractivity contribution is 0.0584. The Hall–Kier alpha value is -1.66. The summed E-state index contributed by atoms with van der Waals surface area (Å²) in [6.45, 7) is 5.22. The molecule has 1 aromatic heterocycles. The zero-order valence-corrected chi connectivity index (χ0v) is 12.4. The zero-order valence-electron chi connectivity index (χ0n) is 12.4. The minimum absolute atomic E-state index is 0.0900. The second kappa shape index (κ2) is 8.50. The van der Waals surface area contributed by atoms with Gasteiger partial charge in [0.15, 0.2) is 0 Å². The summed E-state index contributed by atoms with van der Waals surface area (Å²) >= 11 is 0. The van der Waals surface area contributed by atoms with Crippen molar-refractivity contribution in [3.05, 3.63) is 24.0 Å². The van der Waals surface area contributed by atoms with Gasteiger partial charge in [0, 0.05) is 25.9 Å². The van der Waals surface area contributed by atoms with Crippen molar-refractivity contribution in [3.8, 4) is 0 Å². The van der Waals surface area contributed by atoms with E-state index in [4.69, 9.17) is 10.6 Å². The van der Waals surface area contributed by atoms with Crippen LogP contribution in [0.4, 0.5) is 5.69 Å². The molecule has 1 heterocycles. The van der Waals surface area contributed by atoms with Gasteiger partial charge in [0.25, 0.3) is 5.91 Å². The Morgan fingerprint density at radius 2 is 2.20 bits per heavy atom. The normalized spacial score (nSPS) is 10.7. The number of aromatic nitrogens is 1. The van der Waals surface area contributed by atoms with E-state index < -0.39 is 0 Å². The fourth-order valence-corrected chi connectivity index (χ4v) is 2.15. The molecular formula is C14H24N4O2. The van der Waals surface area contributed by atoms with Gasteiger partial charge in [0.1, 0.15) is 5.69 Å². The van der Waals surface area contributed by atoms with Gasteiger partial charge in [-0.05, 0) is 25.0 Å². The lowest BCUT2D eigenvalue weighted by Crippen LogP contribution is -2.42. The van der Waals surface area contributed by atoms with Gasteiger partial charge in [-0.1, -0.05) is 13.8 Å². The first-order valence-electron chi connectivity index (χ1n) is 6.90. The first kappa shape index (κ1) is 16.4. The number of nitrogens with two attached hydrogens (primary N) is 1. The molecule has 0 saturated heterocycles. The first-order chi connectivity index (χ1) is 9.67. The molecule has 20 heavy (non-hydrogen) atoms. The lowest BCUT2D eigenvalue weighted by Gasteiger charge is -2.30. The maximum Gasteiger partial charge on any atom is 0.272 e. The number of nitrogens with one attached hydrogen (secondary N) is 1. The lowest BCUT2D eigenvalue weighted by atomic mass is 10.1. The number of carbonyl (C=O) groups excluding carboxylic acids is 1. The Morgan fingerprint density at radius 1 is 1.50 bits per heavy atom. The van der Waals surface area contributed by atoms with E-state index in [2.05, 4.69) is 24.3 Å². The fraction of sp³-hybridized carbons (Fsp3) is 0.571. The Balaban J connectivity index is 2.95. The summed E-state index contributed by atoms with van der Waals surface area (Å²) in [7, 11) is 1.63. The van der Waals surface area contributed by atoms with E-state index in [1.165, 1.54) is 0 Å². The maximum absolute atomic E-state index is 12.6. The molecule has 0 radical (unpaired) electrons. The van der Waals surface area contributed by atoms with Crippen molar-refractivity contribution in [1.29, 1.82) is 0 Å². The standard InChI is InChI=1S/C14H24N4O2/c1-4-12(5-2)18(8-9-20-3)14(19)13-10-11(17-15)6-7-16-13/h6-7,10,12H,4-5,8-9,15H2,1-3H3,(H,16,17). The fourth-order valence-electron chi connectivity index (χ4n) is 2.15. The number of hydrogen-bond acceptors (Lipinski definition) is 5. The van der Waals surface area contributed by atoms with Crippen LogP contribution in [0.15, 0.2) is 18.3 Å². The second-order valence-electron chi connectivity index (χ2n) is 4.54. The molecule has 6 heteroatoms. The number of nitrogens with zero attached hydrogens (tertiary/aromatic N) is 2. The van der Waals surface area contributed by atoms with Gasteiger partial charge in [0.05, 0.1) is 12.3 Å².